The van der Waals surface area contributed by atoms with E-state index in [2.05, 4.69) is 10.6 Å². The predicted molar refractivity (Wildman–Crippen MR) is 140 cm³/mol. The highest BCUT2D eigenvalue weighted by molar-refractivity contribution is 5.95. The molecule has 0 spiro atoms. The van der Waals surface area contributed by atoms with Crippen molar-refractivity contribution < 1.29 is 28.6 Å². The lowest BCUT2D eigenvalue weighted by Crippen LogP contribution is -2.38. The topological polar surface area (TPSA) is 106 Å². The van der Waals surface area contributed by atoms with Crippen molar-refractivity contribution in [1.82, 2.24) is 15.5 Å². The van der Waals surface area contributed by atoms with Crippen molar-refractivity contribution in [2.45, 2.75) is 57.2 Å². The van der Waals surface area contributed by atoms with Crippen LogP contribution >= 0.6 is 0 Å². The zero-order valence-electron chi connectivity index (χ0n) is 21.6. The van der Waals surface area contributed by atoms with Gasteiger partial charge in [-0.05, 0) is 68.5 Å². The minimum absolute atomic E-state index is 0.0855. The van der Waals surface area contributed by atoms with Crippen LogP contribution in [0.3, 0.4) is 0 Å². The van der Waals surface area contributed by atoms with E-state index in [4.69, 9.17) is 14.2 Å². The minimum Gasteiger partial charge on any atom is -0.457 e. The molecule has 3 aliphatic rings. The van der Waals surface area contributed by atoms with Gasteiger partial charge in [-0.15, -0.1) is 0 Å². The minimum atomic E-state index is -0.161. The molecule has 2 N–H and O–H groups in total. The highest BCUT2D eigenvalue weighted by atomic mass is 16.5. The van der Waals surface area contributed by atoms with Crippen molar-refractivity contribution in [3.63, 3.8) is 0 Å². The molecule has 38 heavy (non-hydrogen) atoms. The standard InChI is InChI=1S/C29H35N3O6/c33-27-2-1-13-32(27)19-22-4-3-21(29(35)31-24-11-16-37-17-12-24)18-26(22)38-25-7-5-20(6-8-25)28(34)30-23-9-14-36-15-10-23/h3-8,18,23-24H,1-2,9-17,19H2,(H,30,34)(H,31,35). The maximum atomic E-state index is 13.0. The van der Waals surface area contributed by atoms with Crippen LogP contribution in [-0.2, 0) is 20.8 Å². The number of ether oxygens (including phenoxy) is 3. The molecule has 0 aliphatic carbocycles. The molecule has 5 rings (SSSR count). The van der Waals surface area contributed by atoms with Crippen LogP contribution in [0.2, 0.25) is 0 Å². The first-order valence-electron chi connectivity index (χ1n) is 13.5. The molecular weight excluding hydrogens is 486 g/mol. The highest BCUT2D eigenvalue weighted by Gasteiger charge is 2.23. The van der Waals surface area contributed by atoms with Crippen molar-refractivity contribution in [3.05, 3.63) is 59.2 Å². The van der Waals surface area contributed by atoms with Crippen molar-refractivity contribution >= 4 is 17.7 Å². The van der Waals surface area contributed by atoms with Crippen LogP contribution in [0.4, 0.5) is 0 Å². The molecule has 202 valence electrons. The first-order chi connectivity index (χ1) is 18.5. The van der Waals surface area contributed by atoms with E-state index in [-0.39, 0.29) is 29.8 Å². The Bertz CT molecular complexity index is 1140. The van der Waals surface area contributed by atoms with E-state index >= 15 is 0 Å². The summed E-state index contributed by atoms with van der Waals surface area (Å²) in [6, 6.07) is 12.5. The fourth-order valence-corrected chi connectivity index (χ4v) is 5.02. The lowest BCUT2D eigenvalue weighted by atomic mass is 10.1. The van der Waals surface area contributed by atoms with Gasteiger partial charge in [0.2, 0.25) is 5.91 Å². The van der Waals surface area contributed by atoms with Crippen LogP contribution in [0.15, 0.2) is 42.5 Å². The molecule has 3 fully saturated rings. The van der Waals surface area contributed by atoms with Crippen molar-refractivity contribution in [2.75, 3.05) is 33.0 Å². The van der Waals surface area contributed by atoms with E-state index in [0.717, 1.165) is 37.7 Å². The lowest BCUT2D eigenvalue weighted by molar-refractivity contribution is -0.128. The zero-order chi connectivity index (χ0) is 26.3. The number of rotatable bonds is 8. The molecule has 0 saturated carbocycles. The van der Waals surface area contributed by atoms with Gasteiger partial charge in [0.1, 0.15) is 11.5 Å². The van der Waals surface area contributed by atoms with Gasteiger partial charge in [-0.1, -0.05) is 6.07 Å². The number of carbonyl (C=O) groups is 3. The summed E-state index contributed by atoms with van der Waals surface area (Å²) in [5.41, 5.74) is 1.87. The number of nitrogens with zero attached hydrogens (tertiary/aromatic N) is 1. The van der Waals surface area contributed by atoms with Gasteiger partial charge in [-0.2, -0.15) is 0 Å². The Kier molecular flexibility index (Phi) is 8.55. The van der Waals surface area contributed by atoms with Crippen LogP contribution in [0, 0.1) is 0 Å². The Morgan fingerprint density at radius 2 is 1.42 bits per heavy atom. The smallest absolute Gasteiger partial charge is 0.251 e. The maximum Gasteiger partial charge on any atom is 0.251 e. The van der Waals surface area contributed by atoms with E-state index in [1.807, 2.05) is 11.0 Å². The molecule has 3 aliphatic heterocycles. The third-order valence-corrected chi connectivity index (χ3v) is 7.32. The molecule has 3 heterocycles. The average molecular weight is 522 g/mol. The second kappa shape index (κ2) is 12.4. The van der Waals surface area contributed by atoms with Gasteiger partial charge in [0.25, 0.3) is 11.8 Å². The van der Waals surface area contributed by atoms with Crippen LogP contribution in [-0.4, -0.2) is 67.7 Å². The van der Waals surface area contributed by atoms with Crippen LogP contribution in [0.25, 0.3) is 0 Å². The largest absolute Gasteiger partial charge is 0.457 e. The highest BCUT2D eigenvalue weighted by Crippen LogP contribution is 2.29. The number of hydrogen-bond donors (Lipinski definition) is 2. The summed E-state index contributed by atoms with van der Waals surface area (Å²) in [6.07, 6.45) is 4.61. The number of carbonyl (C=O) groups excluding carboxylic acids is 3. The molecular formula is C29H35N3O6. The number of nitrogens with one attached hydrogen (secondary N) is 2. The van der Waals surface area contributed by atoms with Gasteiger partial charge in [0.05, 0.1) is 0 Å². The van der Waals surface area contributed by atoms with Crippen molar-refractivity contribution in [2.24, 2.45) is 0 Å². The van der Waals surface area contributed by atoms with E-state index < -0.39 is 0 Å². The Morgan fingerprint density at radius 1 is 0.842 bits per heavy atom. The van der Waals surface area contributed by atoms with Crippen LogP contribution in [0.1, 0.15) is 64.8 Å². The summed E-state index contributed by atoms with van der Waals surface area (Å²) >= 11 is 0. The fourth-order valence-electron chi connectivity index (χ4n) is 5.02. The zero-order valence-corrected chi connectivity index (χ0v) is 21.6. The van der Waals surface area contributed by atoms with Crippen LogP contribution < -0.4 is 15.4 Å². The summed E-state index contributed by atoms with van der Waals surface area (Å²) in [4.78, 5) is 39.7. The van der Waals surface area contributed by atoms with E-state index in [9.17, 15) is 14.4 Å². The Morgan fingerprint density at radius 3 is 2.00 bits per heavy atom. The number of benzene rings is 2. The Hall–Kier alpha value is -3.43. The summed E-state index contributed by atoms with van der Waals surface area (Å²) in [5.74, 6) is 0.902. The third kappa shape index (κ3) is 6.71. The molecule has 0 unspecified atom stereocenters. The fraction of sp³-hybridized carbons (Fsp3) is 0.483. The molecule has 0 radical (unpaired) electrons. The summed E-state index contributed by atoms with van der Waals surface area (Å²) in [7, 11) is 0. The quantitative estimate of drug-likeness (QED) is 0.552. The van der Waals surface area contributed by atoms with Gasteiger partial charge in [0.15, 0.2) is 0 Å². The summed E-state index contributed by atoms with van der Waals surface area (Å²) in [6.45, 7) is 3.74. The average Bonchev–Trinajstić information content (AvgIpc) is 3.35. The first-order valence-corrected chi connectivity index (χ1v) is 13.5. The Labute approximate surface area is 222 Å². The predicted octanol–water partition coefficient (Wildman–Crippen LogP) is 3.42. The molecule has 9 heteroatoms. The van der Waals surface area contributed by atoms with Gasteiger partial charge in [-0.3, -0.25) is 14.4 Å². The van der Waals surface area contributed by atoms with E-state index in [1.165, 1.54) is 0 Å². The second-order valence-electron chi connectivity index (χ2n) is 10.1. The molecule has 9 nitrogen and oxygen atoms in total. The monoisotopic (exact) mass is 521 g/mol. The lowest BCUT2D eigenvalue weighted by Gasteiger charge is -2.23. The van der Waals surface area contributed by atoms with E-state index in [0.29, 0.717) is 68.6 Å². The number of hydrogen-bond acceptors (Lipinski definition) is 6. The van der Waals surface area contributed by atoms with Crippen molar-refractivity contribution in [3.8, 4) is 11.5 Å². The molecule has 2 aromatic rings. The molecule has 0 atom stereocenters. The molecule has 2 aromatic carbocycles. The van der Waals surface area contributed by atoms with Gasteiger partial charge in [-0.25, -0.2) is 0 Å². The number of amides is 3. The molecule has 3 amide bonds. The van der Waals surface area contributed by atoms with E-state index in [1.54, 1.807) is 36.4 Å². The normalized spacial score (nSPS) is 18.8. The maximum absolute atomic E-state index is 13.0. The van der Waals surface area contributed by atoms with Crippen molar-refractivity contribution in [1.29, 1.82) is 0 Å². The second-order valence-corrected chi connectivity index (χ2v) is 10.1. The summed E-state index contributed by atoms with van der Waals surface area (Å²) in [5, 5.41) is 6.15. The molecule has 0 bridgehead atoms. The van der Waals surface area contributed by atoms with Crippen LogP contribution in [0.5, 0.6) is 11.5 Å². The number of likely N-dealkylation sites (tertiary alicyclic amines) is 1. The third-order valence-electron chi connectivity index (χ3n) is 7.32. The molecule has 0 aromatic heterocycles. The van der Waals surface area contributed by atoms with Gasteiger partial charge in [0, 0.05) is 74.7 Å². The Balaban J connectivity index is 1.30. The molecule has 3 saturated heterocycles. The first kappa shape index (κ1) is 26.2. The van der Waals surface area contributed by atoms with Gasteiger partial charge < -0.3 is 29.7 Å². The summed E-state index contributed by atoms with van der Waals surface area (Å²) < 4.78 is 17.0. The SMILES string of the molecule is O=C(NC1CCOCC1)c1ccc(Oc2cc(C(=O)NC3CCOCC3)ccc2CN2CCCC2=O)cc1. The van der Waals surface area contributed by atoms with Gasteiger partial charge >= 0.3 is 0 Å².